The topological polar surface area (TPSA) is 147 Å². The van der Waals surface area contributed by atoms with Gasteiger partial charge in [-0.25, -0.2) is 9.48 Å². The fraction of sp³-hybridized carbons (Fsp3) is 0.400. The molecule has 1 saturated heterocycles. The first kappa shape index (κ1) is 24.8. The number of nitrogens with one attached hydrogen (secondary N) is 2. The molecule has 2 aromatic rings. The SMILES string of the molecule is CNCCc1cn(-c2ccc3c(c2)CN(C2CCC(=O)NC2=O)C3=O)nn1.O=C(O)C(F)(F)F. The Bertz CT molecular complexity index is 1120. The van der Waals surface area contributed by atoms with Gasteiger partial charge in [-0.05, 0) is 37.2 Å². The quantitative estimate of drug-likeness (QED) is 0.520. The lowest BCUT2D eigenvalue weighted by Gasteiger charge is -2.29. The van der Waals surface area contributed by atoms with Gasteiger partial charge in [0.15, 0.2) is 0 Å². The Morgan fingerprint density at radius 3 is 2.62 bits per heavy atom. The maximum absolute atomic E-state index is 12.7. The second-order valence-electron chi connectivity index (χ2n) is 7.55. The van der Waals surface area contributed by atoms with Crippen LogP contribution in [-0.2, 0) is 27.3 Å². The van der Waals surface area contributed by atoms with E-state index in [1.807, 2.05) is 25.4 Å². The van der Waals surface area contributed by atoms with E-state index >= 15 is 0 Å². The van der Waals surface area contributed by atoms with Crippen molar-refractivity contribution in [1.29, 1.82) is 0 Å². The fourth-order valence-corrected chi connectivity index (χ4v) is 3.50. The highest BCUT2D eigenvalue weighted by Gasteiger charge is 2.39. The molecule has 2 aliphatic heterocycles. The van der Waals surface area contributed by atoms with Crippen molar-refractivity contribution >= 4 is 23.7 Å². The van der Waals surface area contributed by atoms with Crippen molar-refractivity contribution in [2.75, 3.05) is 13.6 Å². The van der Waals surface area contributed by atoms with Crippen molar-refractivity contribution in [3.63, 3.8) is 0 Å². The van der Waals surface area contributed by atoms with Crippen LogP contribution in [0, 0.1) is 0 Å². The predicted molar refractivity (Wildman–Crippen MR) is 109 cm³/mol. The minimum atomic E-state index is -5.08. The number of aromatic nitrogens is 3. The summed E-state index contributed by atoms with van der Waals surface area (Å²) < 4.78 is 33.4. The van der Waals surface area contributed by atoms with Gasteiger partial charge in [0.25, 0.3) is 5.91 Å². The molecule has 4 rings (SSSR count). The number of piperidine rings is 1. The molecule has 1 aromatic heterocycles. The van der Waals surface area contributed by atoms with Crippen molar-refractivity contribution < 1.29 is 37.5 Å². The van der Waals surface area contributed by atoms with E-state index in [1.165, 1.54) is 4.90 Å². The summed E-state index contributed by atoms with van der Waals surface area (Å²) in [5.74, 6) is -3.63. The minimum absolute atomic E-state index is 0.181. The molecule has 0 spiro atoms. The van der Waals surface area contributed by atoms with Gasteiger partial charge < -0.3 is 15.3 Å². The highest BCUT2D eigenvalue weighted by molar-refractivity contribution is 6.05. The Balaban J connectivity index is 0.000000406. The van der Waals surface area contributed by atoms with Crippen LogP contribution in [0.2, 0.25) is 0 Å². The van der Waals surface area contributed by atoms with Crippen LogP contribution in [0.3, 0.4) is 0 Å². The number of rotatable bonds is 5. The van der Waals surface area contributed by atoms with Crippen LogP contribution in [0.4, 0.5) is 13.2 Å². The molecule has 0 bridgehead atoms. The van der Waals surface area contributed by atoms with Crippen LogP contribution in [0.5, 0.6) is 0 Å². The Kier molecular flexibility index (Phi) is 7.29. The first-order chi connectivity index (χ1) is 16.0. The van der Waals surface area contributed by atoms with E-state index in [4.69, 9.17) is 9.90 Å². The molecule has 0 saturated carbocycles. The standard InChI is InChI=1S/C18H20N6O3.C2HF3O2/c1-19-7-6-12-10-24(22-21-12)13-2-3-14-11(8-13)9-23(18(14)27)15-4-5-16(25)20-17(15)26;3-2(4,5)1(6)7/h2-3,8,10,15,19H,4-7,9H2,1H3,(H,20,25,26);(H,6,7). The lowest BCUT2D eigenvalue weighted by Crippen LogP contribution is -2.52. The van der Waals surface area contributed by atoms with Crippen molar-refractivity contribution in [3.8, 4) is 5.69 Å². The van der Waals surface area contributed by atoms with Gasteiger partial charge in [-0.15, -0.1) is 5.10 Å². The summed E-state index contributed by atoms with van der Waals surface area (Å²) >= 11 is 0. The van der Waals surface area contributed by atoms with E-state index in [1.54, 1.807) is 10.7 Å². The number of carbonyl (C=O) groups is 4. The maximum Gasteiger partial charge on any atom is 0.490 e. The number of benzene rings is 1. The Labute approximate surface area is 190 Å². The zero-order chi connectivity index (χ0) is 25.0. The third kappa shape index (κ3) is 5.57. The van der Waals surface area contributed by atoms with Crippen LogP contribution in [-0.4, -0.2) is 74.5 Å². The zero-order valence-electron chi connectivity index (χ0n) is 17.9. The Hall–Kier alpha value is -3.81. The van der Waals surface area contributed by atoms with E-state index in [0.717, 1.165) is 29.9 Å². The van der Waals surface area contributed by atoms with Gasteiger partial charge in [0.2, 0.25) is 11.8 Å². The Morgan fingerprint density at radius 1 is 1.29 bits per heavy atom. The van der Waals surface area contributed by atoms with Crippen molar-refractivity contribution in [1.82, 2.24) is 30.5 Å². The van der Waals surface area contributed by atoms with Gasteiger partial charge in [-0.1, -0.05) is 5.21 Å². The van der Waals surface area contributed by atoms with Gasteiger partial charge in [0.1, 0.15) is 6.04 Å². The van der Waals surface area contributed by atoms with E-state index in [2.05, 4.69) is 20.9 Å². The first-order valence-corrected chi connectivity index (χ1v) is 10.1. The van der Waals surface area contributed by atoms with Gasteiger partial charge in [0, 0.05) is 31.5 Å². The van der Waals surface area contributed by atoms with E-state index in [9.17, 15) is 27.6 Å². The summed E-state index contributed by atoms with van der Waals surface area (Å²) in [6, 6.07) is 4.87. The summed E-state index contributed by atoms with van der Waals surface area (Å²) in [7, 11) is 1.89. The lowest BCUT2D eigenvalue weighted by atomic mass is 10.0. The van der Waals surface area contributed by atoms with Crippen LogP contribution >= 0.6 is 0 Å². The zero-order valence-corrected chi connectivity index (χ0v) is 17.9. The van der Waals surface area contributed by atoms with Crippen molar-refractivity contribution in [2.24, 2.45) is 0 Å². The number of hydrogen-bond acceptors (Lipinski definition) is 7. The number of aliphatic carboxylic acids is 1. The number of halogens is 3. The van der Waals surface area contributed by atoms with Crippen molar-refractivity contribution in [3.05, 3.63) is 41.2 Å². The molecule has 14 heteroatoms. The molecule has 1 aromatic carbocycles. The number of fused-ring (bicyclic) bond motifs is 1. The molecule has 182 valence electrons. The smallest absolute Gasteiger partial charge is 0.475 e. The molecule has 0 aliphatic carbocycles. The second-order valence-corrected chi connectivity index (χ2v) is 7.55. The van der Waals surface area contributed by atoms with Gasteiger partial charge >= 0.3 is 12.1 Å². The summed E-state index contributed by atoms with van der Waals surface area (Å²) in [6.07, 6.45) is -1.83. The molecular weight excluding hydrogens is 461 g/mol. The van der Waals surface area contributed by atoms with Crippen LogP contribution in [0.25, 0.3) is 5.69 Å². The van der Waals surface area contributed by atoms with E-state index in [-0.39, 0.29) is 18.2 Å². The van der Waals surface area contributed by atoms with Crippen LogP contribution < -0.4 is 10.6 Å². The molecule has 1 atom stereocenters. The summed E-state index contributed by atoms with van der Waals surface area (Å²) in [5, 5.41) is 20.8. The molecule has 0 radical (unpaired) electrons. The molecule has 3 N–H and O–H groups in total. The molecule has 3 amide bonds. The normalized spacial score (nSPS) is 17.7. The molecule has 3 heterocycles. The predicted octanol–water partition coefficient (Wildman–Crippen LogP) is 0.423. The second kappa shape index (κ2) is 9.99. The molecule has 1 fully saturated rings. The van der Waals surface area contributed by atoms with Crippen molar-refractivity contribution in [2.45, 2.75) is 38.0 Å². The number of alkyl halides is 3. The number of carboxylic acid groups (broad SMARTS) is 1. The van der Waals surface area contributed by atoms with E-state index in [0.29, 0.717) is 18.5 Å². The fourth-order valence-electron chi connectivity index (χ4n) is 3.50. The average molecular weight is 482 g/mol. The third-order valence-electron chi connectivity index (χ3n) is 5.19. The lowest BCUT2D eigenvalue weighted by molar-refractivity contribution is -0.192. The minimum Gasteiger partial charge on any atom is -0.475 e. The number of carbonyl (C=O) groups excluding carboxylic acids is 3. The Morgan fingerprint density at radius 2 is 2.00 bits per heavy atom. The number of nitrogens with zero attached hydrogens (tertiary/aromatic N) is 4. The third-order valence-corrected chi connectivity index (χ3v) is 5.19. The number of imide groups is 1. The molecular formula is C20H21F3N6O5. The monoisotopic (exact) mass is 482 g/mol. The molecule has 1 unspecified atom stereocenters. The molecule has 11 nitrogen and oxygen atoms in total. The van der Waals surface area contributed by atoms with Crippen LogP contribution in [0.15, 0.2) is 24.4 Å². The van der Waals surface area contributed by atoms with Gasteiger partial charge in [-0.2, -0.15) is 13.2 Å². The largest absolute Gasteiger partial charge is 0.490 e. The summed E-state index contributed by atoms with van der Waals surface area (Å²) in [4.78, 5) is 46.6. The molecule has 34 heavy (non-hydrogen) atoms. The van der Waals surface area contributed by atoms with Crippen LogP contribution in [0.1, 0.15) is 34.5 Å². The van der Waals surface area contributed by atoms with Gasteiger partial charge in [-0.3, -0.25) is 19.7 Å². The summed E-state index contributed by atoms with van der Waals surface area (Å²) in [5.41, 5.74) is 3.12. The highest BCUT2D eigenvalue weighted by Crippen LogP contribution is 2.29. The molecule has 2 aliphatic rings. The maximum atomic E-state index is 12.7. The number of carboxylic acids is 1. The number of likely N-dealkylation sites (N-methyl/N-ethyl adjacent to an activating group) is 1. The average Bonchev–Trinajstić information content (AvgIpc) is 3.37. The number of hydrogen-bond donors (Lipinski definition) is 3. The summed E-state index contributed by atoms with van der Waals surface area (Å²) in [6.45, 7) is 1.16. The first-order valence-electron chi connectivity index (χ1n) is 10.1. The van der Waals surface area contributed by atoms with E-state index < -0.39 is 24.1 Å². The number of amides is 3. The van der Waals surface area contributed by atoms with Gasteiger partial charge in [0.05, 0.1) is 17.6 Å². The highest BCUT2D eigenvalue weighted by atomic mass is 19.4.